The Kier molecular flexibility index (Phi) is 6.80. The molecular weight excluding hydrogens is 301 g/mol. The zero-order valence-corrected chi connectivity index (χ0v) is 11.0. The fourth-order valence-corrected chi connectivity index (χ4v) is 1.31. The maximum atomic E-state index is 10.6. The van der Waals surface area contributed by atoms with Gasteiger partial charge in [-0.1, -0.05) is 26.0 Å². The molecule has 0 bridgehead atoms. The fraction of sp³-hybridized carbons (Fsp3) is 0.250. The van der Waals surface area contributed by atoms with Crippen LogP contribution in [0.5, 0.6) is 0 Å². The van der Waals surface area contributed by atoms with E-state index in [-0.39, 0.29) is 5.91 Å². The molecule has 0 saturated carbocycles. The van der Waals surface area contributed by atoms with Crippen molar-refractivity contribution < 1.29 is 4.79 Å². The van der Waals surface area contributed by atoms with Crippen molar-refractivity contribution in [3.05, 3.63) is 33.4 Å². The van der Waals surface area contributed by atoms with Crippen LogP contribution in [0.3, 0.4) is 0 Å². The van der Waals surface area contributed by atoms with Crippen molar-refractivity contribution in [1.82, 2.24) is 0 Å². The molecule has 0 aliphatic heterocycles. The van der Waals surface area contributed by atoms with Gasteiger partial charge >= 0.3 is 0 Å². The minimum Gasteiger partial charge on any atom is -0.366 e. The summed E-state index contributed by atoms with van der Waals surface area (Å²) in [5, 5.41) is 0. The van der Waals surface area contributed by atoms with Crippen LogP contribution in [0.25, 0.3) is 0 Å². The van der Waals surface area contributed by atoms with Crippen LogP contribution in [0.1, 0.15) is 24.2 Å². The van der Waals surface area contributed by atoms with E-state index < -0.39 is 0 Å². The molecule has 1 aromatic rings. The molecule has 0 unspecified atom stereocenters. The summed E-state index contributed by atoms with van der Waals surface area (Å²) in [6.45, 7) is 3.97. The second-order valence-electron chi connectivity index (χ2n) is 3.17. The van der Waals surface area contributed by atoms with E-state index in [1.165, 1.54) is 0 Å². The third-order valence-electron chi connectivity index (χ3n) is 1.47. The number of hydrogen-bond acceptors (Lipinski definition) is 1. The van der Waals surface area contributed by atoms with Gasteiger partial charge in [-0.2, -0.15) is 0 Å². The van der Waals surface area contributed by atoms with Gasteiger partial charge in [0.15, 0.2) is 0 Å². The average molecular weight is 315 g/mol. The maximum Gasteiger partial charge on any atom is 0.249 e. The molecule has 0 atom stereocenters. The number of terminal acetylenes is 1. The van der Waals surface area contributed by atoms with Crippen LogP contribution in [-0.4, -0.2) is 5.91 Å². The van der Waals surface area contributed by atoms with E-state index in [4.69, 9.17) is 12.2 Å². The van der Waals surface area contributed by atoms with Crippen LogP contribution in [0.2, 0.25) is 0 Å². The van der Waals surface area contributed by atoms with E-state index in [1.807, 2.05) is 26.0 Å². The lowest BCUT2D eigenvalue weighted by Crippen LogP contribution is -2.12. The van der Waals surface area contributed by atoms with E-state index in [1.54, 1.807) is 12.1 Å². The topological polar surface area (TPSA) is 43.1 Å². The Labute approximate surface area is 104 Å². The van der Waals surface area contributed by atoms with Gasteiger partial charge in [0.2, 0.25) is 5.91 Å². The summed E-state index contributed by atoms with van der Waals surface area (Å²) in [6, 6.07) is 7.22. The first-order chi connectivity index (χ1) is 6.99. The molecule has 80 valence electrons. The summed E-state index contributed by atoms with van der Waals surface area (Å²) >= 11 is 2.07. The van der Waals surface area contributed by atoms with E-state index in [0.29, 0.717) is 11.5 Å². The van der Waals surface area contributed by atoms with Gasteiger partial charge in [0.05, 0.1) is 5.56 Å². The number of halogens is 1. The summed E-state index contributed by atoms with van der Waals surface area (Å²) < 4.78 is 0.896. The second kappa shape index (κ2) is 7.30. The number of nitrogens with two attached hydrogens (primary N) is 1. The summed E-state index contributed by atoms with van der Waals surface area (Å²) in [5.74, 6) is 2.57. The number of carbonyl (C=O) groups excluding carboxylic acids is 1. The molecule has 1 rings (SSSR count). The molecule has 0 heterocycles. The molecule has 0 aliphatic carbocycles. The molecule has 0 radical (unpaired) electrons. The zero-order chi connectivity index (χ0) is 11.8. The van der Waals surface area contributed by atoms with E-state index >= 15 is 0 Å². The van der Waals surface area contributed by atoms with Crippen molar-refractivity contribution in [2.45, 2.75) is 13.8 Å². The fourth-order valence-electron chi connectivity index (χ4n) is 0.661. The van der Waals surface area contributed by atoms with Gasteiger partial charge in [0, 0.05) is 9.49 Å². The first-order valence-electron chi connectivity index (χ1n) is 4.49. The average Bonchev–Trinajstić information content (AvgIpc) is 2.19. The molecule has 0 aromatic heterocycles. The first kappa shape index (κ1) is 14.0. The van der Waals surface area contributed by atoms with Crippen molar-refractivity contribution in [3.8, 4) is 12.3 Å². The minimum absolute atomic E-state index is 0.370. The van der Waals surface area contributed by atoms with Crippen LogP contribution in [0, 0.1) is 21.8 Å². The number of amides is 1. The van der Waals surface area contributed by atoms with Gasteiger partial charge < -0.3 is 5.73 Å². The third kappa shape index (κ3) is 6.13. The highest BCUT2D eigenvalue weighted by molar-refractivity contribution is 14.1. The van der Waals surface area contributed by atoms with E-state index in [2.05, 4.69) is 28.5 Å². The minimum atomic E-state index is -0.370. The predicted octanol–water partition coefficient (Wildman–Crippen LogP) is 2.67. The maximum absolute atomic E-state index is 10.6. The van der Waals surface area contributed by atoms with Gasteiger partial charge in [-0.3, -0.25) is 4.79 Å². The van der Waals surface area contributed by atoms with Crippen molar-refractivity contribution in [3.63, 3.8) is 0 Å². The Balaban J connectivity index is 0.000000336. The van der Waals surface area contributed by atoms with Gasteiger partial charge in [0.25, 0.3) is 0 Å². The highest BCUT2D eigenvalue weighted by Crippen LogP contribution is 2.09. The number of rotatable bonds is 1. The largest absolute Gasteiger partial charge is 0.366 e. The molecule has 2 N–H and O–H groups in total. The quantitative estimate of drug-likeness (QED) is 0.628. The van der Waals surface area contributed by atoms with Gasteiger partial charge in [0.1, 0.15) is 0 Å². The molecule has 1 amide bonds. The highest BCUT2D eigenvalue weighted by atomic mass is 127. The molecule has 0 saturated heterocycles. The molecule has 1 aromatic carbocycles. The van der Waals surface area contributed by atoms with Crippen molar-refractivity contribution in [2.75, 3.05) is 0 Å². The molecule has 0 fully saturated rings. The van der Waals surface area contributed by atoms with E-state index in [9.17, 15) is 4.79 Å². The summed E-state index contributed by atoms with van der Waals surface area (Å²) in [4.78, 5) is 10.6. The Hall–Kier alpha value is -1.02. The smallest absolute Gasteiger partial charge is 0.249 e. The highest BCUT2D eigenvalue weighted by Gasteiger charge is 2.01. The monoisotopic (exact) mass is 315 g/mol. The van der Waals surface area contributed by atoms with E-state index in [0.717, 1.165) is 3.57 Å². The Morgan fingerprint density at radius 1 is 1.47 bits per heavy atom. The Bertz CT molecular complexity index is 366. The molecule has 15 heavy (non-hydrogen) atoms. The number of hydrogen-bond donors (Lipinski definition) is 1. The number of primary amides is 1. The Morgan fingerprint density at radius 3 is 2.20 bits per heavy atom. The SMILES string of the molecule is C#CC(C)C.NC(=O)c1ccccc1I. The molecule has 2 nitrogen and oxygen atoms in total. The molecular formula is C12H14INO. The van der Waals surface area contributed by atoms with Crippen molar-refractivity contribution in [2.24, 2.45) is 11.7 Å². The summed E-state index contributed by atoms with van der Waals surface area (Å²) in [7, 11) is 0. The van der Waals surface area contributed by atoms with Crippen LogP contribution in [0.4, 0.5) is 0 Å². The van der Waals surface area contributed by atoms with Gasteiger partial charge in [-0.25, -0.2) is 0 Å². The normalized spacial score (nSPS) is 8.73. The second-order valence-corrected chi connectivity index (χ2v) is 4.33. The molecule has 0 spiro atoms. The molecule has 3 heteroatoms. The third-order valence-corrected chi connectivity index (χ3v) is 2.41. The standard InChI is InChI=1S/C7H6INO.C5H8/c8-6-4-2-1-3-5(6)7(9)10;1-4-5(2)3/h1-4H,(H2,9,10);1,5H,2-3H3. The number of benzene rings is 1. The van der Waals surface area contributed by atoms with Crippen LogP contribution >= 0.6 is 22.6 Å². The zero-order valence-electron chi connectivity index (χ0n) is 8.83. The lowest BCUT2D eigenvalue weighted by molar-refractivity contribution is 0.0999. The van der Waals surface area contributed by atoms with Crippen molar-refractivity contribution >= 4 is 28.5 Å². The number of carbonyl (C=O) groups is 1. The summed E-state index contributed by atoms with van der Waals surface area (Å²) in [6.07, 6.45) is 4.92. The van der Waals surface area contributed by atoms with Crippen LogP contribution in [-0.2, 0) is 0 Å². The summed E-state index contributed by atoms with van der Waals surface area (Å²) in [5.41, 5.74) is 5.66. The van der Waals surface area contributed by atoms with Gasteiger partial charge in [-0.05, 0) is 34.7 Å². The molecule has 0 aliphatic rings. The lowest BCUT2D eigenvalue weighted by atomic mass is 10.2. The van der Waals surface area contributed by atoms with Crippen LogP contribution in [0.15, 0.2) is 24.3 Å². The predicted molar refractivity (Wildman–Crippen MR) is 71.3 cm³/mol. The lowest BCUT2D eigenvalue weighted by Gasteiger charge is -1.95. The Morgan fingerprint density at radius 2 is 1.93 bits per heavy atom. The van der Waals surface area contributed by atoms with Gasteiger partial charge in [-0.15, -0.1) is 12.3 Å². The first-order valence-corrected chi connectivity index (χ1v) is 5.57. The van der Waals surface area contributed by atoms with Crippen LogP contribution < -0.4 is 5.73 Å². The van der Waals surface area contributed by atoms with Crippen molar-refractivity contribution in [1.29, 1.82) is 0 Å².